The van der Waals surface area contributed by atoms with E-state index >= 15 is 0 Å². The molecule has 1 atom stereocenters. The molecule has 0 saturated heterocycles. The Labute approximate surface area is 116 Å². The molecule has 0 aliphatic rings. The van der Waals surface area contributed by atoms with Crippen molar-refractivity contribution in [2.24, 2.45) is 11.7 Å². The van der Waals surface area contributed by atoms with Crippen LogP contribution in [0.4, 0.5) is 5.69 Å². The average molecular weight is 307 g/mol. The van der Waals surface area contributed by atoms with Crippen LogP contribution in [0.1, 0.15) is 12.5 Å². The van der Waals surface area contributed by atoms with Crippen molar-refractivity contribution < 1.29 is 13.3 Å². The smallest absolute Gasteiger partial charge is 0.270 e. The molecule has 0 aliphatic heterocycles. The van der Waals surface area contributed by atoms with E-state index in [1.165, 1.54) is 12.1 Å². The van der Waals surface area contributed by atoms with Gasteiger partial charge in [0, 0.05) is 12.1 Å². The van der Waals surface area contributed by atoms with Gasteiger partial charge in [0.05, 0.1) is 21.5 Å². The predicted octanol–water partition coefficient (Wildman–Crippen LogP) is 1.76. The number of nitrogens with two attached hydrogens (primary N) is 1. The zero-order valence-electron chi connectivity index (χ0n) is 10.4. The van der Waals surface area contributed by atoms with Gasteiger partial charge < -0.3 is 5.73 Å². The van der Waals surface area contributed by atoms with E-state index in [-0.39, 0.29) is 34.7 Å². The molecule has 0 aliphatic carbocycles. The van der Waals surface area contributed by atoms with Gasteiger partial charge in [-0.15, -0.1) is 0 Å². The van der Waals surface area contributed by atoms with E-state index in [0.29, 0.717) is 5.56 Å². The largest absolute Gasteiger partial charge is 0.330 e. The van der Waals surface area contributed by atoms with Crippen molar-refractivity contribution in [1.82, 2.24) is 0 Å². The number of non-ortho nitro benzene ring substituents is 1. The van der Waals surface area contributed by atoms with Crippen molar-refractivity contribution in [3.05, 3.63) is 38.9 Å². The summed E-state index contributed by atoms with van der Waals surface area (Å²) in [4.78, 5) is 9.97. The van der Waals surface area contributed by atoms with Crippen LogP contribution in [0, 0.1) is 16.0 Å². The number of rotatable bonds is 6. The number of nitro benzene ring substituents is 1. The van der Waals surface area contributed by atoms with Gasteiger partial charge in [0.25, 0.3) is 5.69 Å². The Kier molecular flexibility index (Phi) is 5.28. The second-order valence-corrected chi connectivity index (χ2v) is 6.94. The van der Waals surface area contributed by atoms with Gasteiger partial charge in [0.1, 0.15) is 0 Å². The lowest BCUT2D eigenvalue weighted by Gasteiger charge is -2.10. The summed E-state index contributed by atoms with van der Waals surface area (Å²) in [7, 11) is -3.34. The third-order valence-electron chi connectivity index (χ3n) is 2.56. The van der Waals surface area contributed by atoms with Crippen molar-refractivity contribution in [3.63, 3.8) is 0 Å². The van der Waals surface area contributed by atoms with E-state index in [9.17, 15) is 18.5 Å². The fourth-order valence-corrected chi connectivity index (χ4v) is 3.73. The highest BCUT2D eigenvalue weighted by molar-refractivity contribution is 7.90. The molecule has 0 aromatic heterocycles. The number of hydrogen-bond donors (Lipinski definition) is 1. The van der Waals surface area contributed by atoms with E-state index in [1.54, 1.807) is 6.92 Å². The molecule has 19 heavy (non-hydrogen) atoms. The first-order valence-electron chi connectivity index (χ1n) is 5.58. The van der Waals surface area contributed by atoms with Gasteiger partial charge >= 0.3 is 0 Å². The monoisotopic (exact) mass is 306 g/mol. The maximum atomic E-state index is 11.9. The molecular weight excluding hydrogens is 292 g/mol. The summed E-state index contributed by atoms with van der Waals surface area (Å²) >= 11 is 5.86. The zero-order valence-corrected chi connectivity index (χ0v) is 11.9. The molecule has 0 saturated carbocycles. The molecule has 0 amide bonds. The van der Waals surface area contributed by atoms with Gasteiger partial charge in [-0.2, -0.15) is 0 Å². The van der Waals surface area contributed by atoms with Crippen LogP contribution in [0.15, 0.2) is 18.2 Å². The molecule has 6 nitrogen and oxygen atoms in total. The molecule has 1 unspecified atom stereocenters. The van der Waals surface area contributed by atoms with Crippen molar-refractivity contribution in [2.45, 2.75) is 12.7 Å². The molecule has 1 aromatic rings. The van der Waals surface area contributed by atoms with E-state index in [4.69, 9.17) is 17.3 Å². The van der Waals surface area contributed by atoms with Crippen molar-refractivity contribution in [1.29, 1.82) is 0 Å². The summed E-state index contributed by atoms with van der Waals surface area (Å²) in [6, 6.07) is 3.76. The molecule has 106 valence electrons. The van der Waals surface area contributed by atoms with E-state index in [1.807, 2.05) is 0 Å². The Bertz CT molecular complexity index is 574. The molecule has 0 spiro atoms. The van der Waals surface area contributed by atoms with Gasteiger partial charge in [0.15, 0.2) is 9.84 Å². The second-order valence-electron chi connectivity index (χ2n) is 4.43. The first-order chi connectivity index (χ1) is 8.75. The number of hydrogen-bond acceptors (Lipinski definition) is 5. The molecule has 1 rings (SSSR count). The highest BCUT2D eigenvalue weighted by atomic mass is 35.5. The van der Waals surface area contributed by atoms with Crippen LogP contribution in [-0.4, -0.2) is 25.6 Å². The molecule has 2 N–H and O–H groups in total. The lowest BCUT2D eigenvalue weighted by Crippen LogP contribution is -2.22. The van der Waals surface area contributed by atoms with Gasteiger partial charge in [-0.05, 0) is 24.1 Å². The maximum absolute atomic E-state index is 11.9. The SMILES string of the molecule is CC(CN)CS(=O)(=O)Cc1ccc([N+](=O)[O-])cc1Cl. The minimum absolute atomic E-state index is 0.0309. The molecule has 0 bridgehead atoms. The van der Waals surface area contributed by atoms with Crippen LogP contribution in [0.3, 0.4) is 0 Å². The average Bonchev–Trinajstić information content (AvgIpc) is 2.30. The molecule has 8 heteroatoms. The summed E-state index contributed by atoms with van der Waals surface area (Å²) in [5.41, 5.74) is 5.58. The van der Waals surface area contributed by atoms with Crippen LogP contribution in [-0.2, 0) is 15.6 Å². The van der Waals surface area contributed by atoms with Crippen LogP contribution in [0.2, 0.25) is 5.02 Å². The van der Waals surface area contributed by atoms with Gasteiger partial charge in [0.2, 0.25) is 0 Å². The Morgan fingerprint density at radius 1 is 1.47 bits per heavy atom. The topological polar surface area (TPSA) is 103 Å². The Hall–Kier alpha value is -1.18. The fourth-order valence-electron chi connectivity index (χ4n) is 1.56. The minimum atomic E-state index is -3.34. The first-order valence-corrected chi connectivity index (χ1v) is 7.78. The molecule has 0 heterocycles. The highest BCUT2D eigenvalue weighted by Crippen LogP contribution is 2.24. The number of benzene rings is 1. The van der Waals surface area contributed by atoms with E-state index in [0.717, 1.165) is 6.07 Å². The van der Waals surface area contributed by atoms with Gasteiger partial charge in [-0.25, -0.2) is 8.42 Å². The predicted molar refractivity (Wildman–Crippen MR) is 73.8 cm³/mol. The van der Waals surface area contributed by atoms with Gasteiger partial charge in [-0.1, -0.05) is 18.5 Å². The maximum Gasteiger partial charge on any atom is 0.270 e. The van der Waals surface area contributed by atoms with Crippen LogP contribution in [0.25, 0.3) is 0 Å². The summed E-state index contributed by atoms with van der Waals surface area (Å²) in [5, 5.41) is 10.6. The number of sulfone groups is 1. The van der Waals surface area contributed by atoms with Crippen LogP contribution in [0.5, 0.6) is 0 Å². The number of nitro groups is 1. The summed E-state index contributed by atoms with van der Waals surface area (Å²) in [6.07, 6.45) is 0. The lowest BCUT2D eigenvalue weighted by atomic mass is 10.2. The van der Waals surface area contributed by atoms with Crippen molar-refractivity contribution >= 4 is 27.1 Å². The summed E-state index contributed by atoms with van der Waals surface area (Å²) in [6.45, 7) is 2.03. The molecular formula is C11H15ClN2O4S. The lowest BCUT2D eigenvalue weighted by molar-refractivity contribution is -0.384. The summed E-state index contributed by atoms with van der Waals surface area (Å²) in [5.74, 6) is -0.410. The molecule has 0 fully saturated rings. The summed E-state index contributed by atoms with van der Waals surface area (Å²) < 4.78 is 23.8. The van der Waals surface area contributed by atoms with Gasteiger partial charge in [-0.3, -0.25) is 10.1 Å². The minimum Gasteiger partial charge on any atom is -0.330 e. The number of nitrogens with zero attached hydrogens (tertiary/aromatic N) is 1. The molecule has 1 aromatic carbocycles. The number of halogens is 1. The third-order valence-corrected chi connectivity index (χ3v) is 4.74. The van der Waals surface area contributed by atoms with Crippen LogP contribution >= 0.6 is 11.6 Å². The van der Waals surface area contributed by atoms with Crippen molar-refractivity contribution in [3.8, 4) is 0 Å². The third kappa shape index (κ3) is 4.77. The van der Waals surface area contributed by atoms with E-state index in [2.05, 4.69) is 0 Å². The standard InChI is InChI=1S/C11H15ClN2O4S/c1-8(5-13)6-19(17,18)7-9-2-3-10(14(15)16)4-11(9)12/h2-4,8H,5-7,13H2,1H3. The second kappa shape index (κ2) is 6.31. The Morgan fingerprint density at radius 2 is 2.11 bits per heavy atom. The zero-order chi connectivity index (χ0) is 14.6. The Morgan fingerprint density at radius 3 is 2.58 bits per heavy atom. The van der Waals surface area contributed by atoms with Crippen LogP contribution < -0.4 is 5.73 Å². The van der Waals surface area contributed by atoms with E-state index < -0.39 is 14.8 Å². The first kappa shape index (κ1) is 15.9. The Balaban J connectivity index is 2.91. The van der Waals surface area contributed by atoms with Crippen molar-refractivity contribution in [2.75, 3.05) is 12.3 Å². The fraction of sp³-hybridized carbons (Fsp3) is 0.455. The molecule has 0 radical (unpaired) electrons. The quantitative estimate of drug-likeness (QED) is 0.637. The highest BCUT2D eigenvalue weighted by Gasteiger charge is 2.18. The normalized spacial score (nSPS) is 13.2.